The average molecular weight is 425 g/mol. The fourth-order valence-corrected chi connectivity index (χ4v) is 3.61. The van der Waals surface area contributed by atoms with E-state index in [1.165, 1.54) is 19.1 Å². The number of fused-ring (bicyclic) bond motifs is 1. The number of carbonyl (C=O) groups is 2. The van der Waals surface area contributed by atoms with Gasteiger partial charge in [0.05, 0.1) is 29.7 Å². The van der Waals surface area contributed by atoms with Crippen LogP contribution in [-0.2, 0) is 16.0 Å². The Morgan fingerprint density at radius 2 is 2.13 bits per heavy atom. The van der Waals surface area contributed by atoms with Gasteiger partial charge in [0.1, 0.15) is 30.1 Å². The minimum Gasteiger partial charge on any atom is -0.491 e. The van der Waals surface area contributed by atoms with E-state index in [1.807, 2.05) is 24.3 Å². The Labute approximate surface area is 179 Å². The molecule has 1 aromatic heterocycles. The number of aryl methyl sites for hydroxylation is 1. The number of rotatable bonds is 7. The molecule has 1 N–H and O–H groups in total. The Hall–Kier alpha value is -3.26. The number of nitrogens with one attached hydrogen (secondary N) is 1. The van der Waals surface area contributed by atoms with Gasteiger partial charge in [-0.1, -0.05) is 12.1 Å². The molecule has 0 radical (unpaired) electrons. The van der Waals surface area contributed by atoms with Crippen LogP contribution in [0.15, 0.2) is 42.5 Å². The predicted molar refractivity (Wildman–Crippen MR) is 113 cm³/mol. The van der Waals surface area contributed by atoms with Crippen molar-refractivity contribution < 1.29 is 23.5 Å². The highest BCUT2D eigenvalue weighted by atomic mass is 19.1. The molecule has 1 aliphatic heterocycles. The van der Waals surface area contributed by atoms with Gasteiger partial charge in [-0.25, -0.2) is 9.37 Å². The number of ether oxygens (including phenoxy) is 2. The zero-order valence-electron chi connectivity index (χ0n) is 17.3. The Balaban J connectivity index is 1.28. The standard InChI is InChI=1S/C23H24FN3O4/c1-15(28)18-7-6-16(12-19(18)24)31-14-17-13-27(10-11-30-17)23(29)9-8-22-25-20-4-2-3-5-21(20)26-22/h2-7,12,17H,8-11,13-14H2,1H3,(H,25,26). The normalized spacial score (nSPS) is 16.5. The molecule has 162 valence electrons. The summed E-state index contributed by atoms with van der Waals surface area (Å²) < 4.78 is 25.2. The van der Waals surface area contributed by atoms with Gasteiger partial charge in [-0.2, -0.15) is 0 Å². The summed E-state index contributed by atoms with van der Waals surface area (Å²) >= 11 is 0. The number of para-hydroxylation sites is 2. The van der Waals surface area contributed by atoms with E-state index < -0.39 is 5.82 Å². The summed E-state index contributed by atoms with van der Waals surface area (Å²) in [6.45, 7) is 2.85. The largest absolute Gasteiger partial charge is 0.491 e. The van der Waals surface area contributed by atoms with Gasteiger partial charge >= 0.3 is 0 Å². The highest BCUT2D eigenvalue weighted by Crippen LogP contribution is 2.18. The summed E-state index contributed by atoms with van der Waals surface area (Å²) in [6.07, 6.45) is 0.582. The predicted octanol–water partition coefficient (Wildman–Crippen LogP) is 3.14. The van der Waals surface area contributed by atoms with E-state index in [4.69, 9.17) is 9.47 Å². The van der Waals surface area contributed by atoms with E-state index in [1.54, 1.807) is 11.0 Å². The fraction of sp³-hybridized carbons (Fsp3) is 0.348. The number of Topliss-reactive ketones (excluding diaryl/α,β-unsaturated/α-hetero) is 1. The van der Waals surface area contributed by atoms with Crippen molar-refractivity contribution in [1.82, 2.24) is 14.9 Å². The van der Waals surface area contributed by atoms with Crippen LogP contribution in [0.1, 0.15) is 29.5 Å². The summed E-state index contributed by atoms with van der Waals surface area (Å²) in [4.78, 5) is 33.5. The molecular weight excluding hydrogens is 401 g/mol. The molecule has 1 saturated heterocycles. The van der Waals surface area contributed by atoms with Gasteiger partial charge in [-0.3, -0.25) is 9.59 Å². The Kier molecular flexibility index (Phi) is 6.27. The first-order chi connectivity index (χ1) is 15.0. The van der Waals surface area contributed by atoms with E-state index in [9.17, 15) is 14.0 Å². The third-order valence-corrected chi connectivity index (χ3v) is 5.26. The van der Waals surface area contributed by atoms with E-state index >= 15 is 0 Å². The minimum atomic E-state index is -0.614. The first-order valence-electron chi connectivity index (χ1n) is 10.3. The average Bonchev–Trinajstić information content (AvgIpc) is 3.19. The molecule has 1 atom stereocenters. The number of amides is 1. The second-order valence-corrected chi connectivity index (χ2v) is 7.54. The van der Waals surface area contributed by atoms with Crippen molar-refractivity contribution in [3.8, 4) is 5.75 Å². The fourth-order valence-electron chi connectivity index (χ4n) is 3.61. The number of aromatic nitrogens is 2. The van der Waals surface area contributed by atoms with E-state index in [2.05, 4.69) is 9.97 Å². The number of imidazole rings is 1. The number of hydrogen-bond acceptors (Lipinski definition) is 5. The van der Waals surface area contributed by atoms with Crippen molar-refractivity contribution in [2.75, 3.05) is 26.3 Å². The molecule has 0 spiro atoms. The van der Waals surface area contributed by atoms with Gasteiger partial charge in [0.25, 0.3) is 0 Å². The summed E-state index contributed by atoms with van der Waals surface area (Å²) in [5.74, 6) is 0.192. The van der Waals surface area contributed by atoms with Crippen molar-refractivity contribution >= 4 is 22.7 Å². The van der Waals surface area contributed by atoms with Crippen LogP contribution in [0, 0.1) is 5.82 Å². The Bertz CT molecular complexity index is 1060. The van der Waals surface area contributed by atoms with Crippen LogP contribution in [0.3, 0.4) is 0 Å². The zero-order chi connectivity index (χ0) is 21.8. The van der Waals surface area contributed by atoms with E-state index in [-0.39, 0.29) is 30.0 Å². The monoisotopic (exact) mass is 425 g/mol. The highest BCUT2D eigenvalue weighted by Gasteiger charge is 2.25. The first kappa shape index (κ1) is 21.0. The molecule has 2 aromatic carbocycles. The molecule has 1 aliphatic rings. The quantitative estimate of drug-likeness (QED) is 0.588. The molecule has 0 aliphatic carbocycles. The molecule has 0 bridgehead atoms. The van der Waals surface area contributed by atoms with Crippen molar-refractivity contribution in [2.45, 2.75) is 25.9 Å². The van der Waals surface area contributed by atoms with Crippen molar-refractivity contribution in [2.24, 2.45) is 0 Å². The Morgan fingerprint density at radius 3 is 2.90 bits per heavy atom. The van der Waals surface area contributed by atoms with Crippen LogP contribution in [0.4, 0.5) is 4.39 Å². The van der Waals surface area contributed by atoms with Crippen LogP contribution in [0.2, 0.25) is 0 Å². The number of morpholine rings is 1. The second-order valence-electron chi connectivity index (χ2n) is 7.54. The van der Waals surface area contributed by atoms with Gasteiger partial charge in [0.2, 0.25) is 5.91 Å². The Morgan fingerprint density at radius 1 is 1.29 bits per heavy atom. The maximum atomic E-state index is 13.9. The van der Waals surface area contributed by atoms with Crippen LogP contribution in [-0.4, -0.2) is 59.0 Å². The molecule has 4 rings (SSSR count). The van der Waals surface area contributed by atoms with E-state index in [0.29, 0.717) is 38.3 Å². The van der Waals surface area contributed by atoms with E-state index in [0.717, 1.165) is 16.9 Å². The maximum absolute atomic E-state index is 13.9. The van der Waals surface area contributed by atoms with Crippen molar-refractivity contribution in [3.05, 3.63) is 59.7 Å². The number of halogens is 1. The van der Waals surface area contributed by atoms with Crippen LogP contribution in [0.25, 0.3) is 11.0 Å². The number of benzene rings is 2. The highest BCUT2D eigenvalue weighted by molar-refractivity contribution is 5.94. The number of carbonyl (C=O) groups excluding carboxylic acids is 2. The number of aromatic amines is 1. The lowest BCUT2D eigenvalue weighted by Gasteiger charge is -2.33. The van der Waals surface area contributed by atoms with Gasteiger partial charge in [-0.15, -0.1) is 0 Å². The molecule has 1 amide bonds. The number of hydrogen-bond donors (Lipinski definition) is 1. The lowest BCUT2D eigenvalue weighted by Crippen LogP contribution is -2.47. The SMILES string of the molecule is CC(=O)c1ccc(OCC2CN(C(=O)CCc3nc4ccccc4[nH]3)CCO2)cc1F. The molecule has 7 nitrogen and oxygen atoms in total. The molecule has 31 heavy (non-hydrogen) atoms. The summed E-state index contributed by atoms with van der Waals surface area (Å²) in [5.41, 5.74) is 1.88. The summed E-state index contributed by atoms with van der Waals surface area (Å²) in [5, 5.41) is 0. The maximum Gasteiger partial charge on any atom is 0.223 e. The van der Waals surface area contributed by atoms with Crippen molar-refractivity contribution in [1.29, 1.82) is 0 Å². The van der Waals surface area contributed by atoms with Gasteiger partial charge < -0.3 is 19.4 Å². The smallest absolute Gasteiger partial charge is 0.223 e. The third kappa shape index (κ3) is 5.08. The molecule has 8 heteroatoms. The zero-order valence-corrected chi connectivity index (χ0v) is 17.3. The second kappa shape index (κ2) is 9.26. The molecule has 2 heterocycles. The van der Waals surface area contributed by atoms with Crippen molar-refractivity contribution in [3.63, 3.8) is 0 Å². The van der Waals surface area contributed by atoms with Gasteiger partial charge in [0, 0.05) is 25.5 Å². The minimum absolute atomic E-state index is 0.0301. The van der Waals surface area contributed by atoms with Gasteiger partial charge in [0.15, 0.2) is 5.78 Å². The summed E-state index contributed by atoms with van der Waals surface area (Å²) in [7, 11) is 0. The molecule has 0 saturated carbocycles. The molecule has 1 unspecified atom stereocenters. The summed E-state index contributed by atoms with van der Waals surface area (Å²) in [6, 6.07) is 11.9. The third-order valence-electron chi connectivity index (χ3n) is 5.26. The van der Waals surface area contributed by atoms with Crippen LogP contribution in [0.5, 0.6) is 5.75 Å². The number of H-pyrrole nitrogens is 1. The topological polar surface area (TPSA) is 84.5 Å². The molecular formula is C23H24FN3O4. The van der Waals surface area contributed by atoms with Crippen LogP contribution < -0.4 is 4.74 Å². The molecule has 1 fully saturated rings. The molecule has 3 aromatic rings. The van der Waals surface area contributed by atoms with Crippen LogP contribution >= 0.6 is 0 Å². The number of nitrogens with zero attached hydrogens (tertiary/aromatic N) is 2. The lowest BCUT2D eigenvalue weighted by atomic mass is 10.1. The first-order valence-corrected chi connectivity index (χ1v) is 10.3. The van der Waals surface area contributed by atoms with Gasteiger partial charge in [-0.05, 0) is 31.2 Å². The lowest BCUT2D eigenvalue weighted by molar-refractivity contribution is -0.139. The number of ketones is 1.